The fraction of sp³-hybridized carbons (Fsp3) is 0.273. The molecule has 4 rings (SSSR count). The number of sulfonamides is 1. The number of hydrogen-bond acceptors (Lipinski definition) is 8. The predicted octanol–water partition coefficient (Wildman–Crippen LogP) is 4.33. The average molecular weight is 574 g/mol. The van der Waals surface area contributed by atoms with E-state index in [1.54, 1.807) is 4.90 Å². The van der Waals surface area contributed by atoms with Gasteiger partial charge in [-0.25, -0.2) is 8.42 Å². The molecule has 1 aliphatic rings. The predicted molar refractivity (Wildman–Crippen MR) is 130 cm³/mol. The third-order valence-electron chi connectivity index (χ3n) is 5.79. The first-order valence-corrected chi connectivity index (χ1v) is 12.7. The number of aryl methyl sites for hydroxylation is 1. The quantitative estimate of drug-likeness (QED) is 0.340. The van der Waals surface area contributed by atoms with E-state index in [1.165, 1.54) is 41.6 Å². The Morgan fingerprint density at radius 2 is 1.76 bits per heavy atom. The maximum atomic E-state index is 13.1. The minimum Gasteiger partial charge on any atom is -0.369 e. The van der Waals surface area contributed by atoms with Crippen molar-refractivity contribution in [1.29, 1.82) is 0 Å². The molecule has 0 spiro atoms. The van der Waals surface area contributed by atoms with Crippen LogP contribution in [-0.2, 0) is 16.2 Å². The van der Waals surface area contributed by atoms with Crippen LogP contribution < -0.4 is 10.2 Å². The van der Waals surface area contributed by atoms with Crippen molar-refractivity contribution in [2.75, 3.05) is 36.4 Å². The van der Waals surface area contributed by atoms with E-state index in [1.807, 2.05) is 0 Å². The fourth-order valence-corrected chi connectivity index (χ4v) is 5.54. The summed E-state index contributed by atoms with van der Waals surface area (Å²) in [6.07, 6.45) is -4.57. The van der Waals surface area contributed by atoms with Crippen molar-refractivity contribution in [3.63, 3.8) is 0 Å². The molecule has 16 heteroatoms. The van der Waals surface area contributed by atoms with Crippen molar-refractivity contribution in [3.8, 4) is 0 Å². The molecule has 1 aromatic heterocycles. The van der Waals surface area contributed by atoms with Crippen LogP contribution in [0, 0.1) is 17.0 Å². The number of hydrogen-bond donors (Lipinski definition) is 1. The van der Waals surface area contributed by atoms with Gasteiger partial charge in [0.1, 0.15) is 0 Å². The van der Waals surface area contributed by atoms with Crippen molar-refractivity contribution in [2.24, 2.45) is 0 Å². The molecular formula is C22H19ClF3N5O6S. The largest absolute Gasteiger partial charge is 0.416 e. The molecule has 202 valence electrons. The third kappa shape index (κ3) is 5.58. The molecule has 0 radical (unpaired) electrons. The Hall–Kier alpha value is -3.69. The van der Waals surface area contributed by atoms with E-state index in [4.69, 9.17) is 16.1 Å². The molecule has 1 N–H and O–H groups in total. The van der Waals surface area contributed by atoms with Crippen molar-refractivity contribution in [3.05, 3.63) is 74.6 Å². The summed E-state index contributed by atoms with van der Waals surface area (Å²) in [5.41, 5.74) is -1.59. The molecule has 0 atom stereocenters. The minimum absolute atomic E-state index is 0.0177. The number of nitrogens with zero attached hydrogens (tertiary/aromatic N) is 4. The number of halogens is 4. The van der Waals surface area contributed by atoms with Crippen LogP contribution in [0.1, 0.15) is 21.8 Å². The number of piperazine rings is 1. The summed E-state index contributed by atoms with van der Waals surface area (Å²) < 4.78 is 71.5. The second-order valence-electron chi connectivity index (χ2n) is 8.26. The monoisotopic (exact) mass is 573 g/mol. The molecule has 1 fully saturated rings. The maximum absolute atomic E-state index is 13.1. The summed E-state index contributed by atoms with van der Waals surface area (Å²) in [6, 6.07) is 8.32. The summed E-state index contributed by atoms with van der Waals surface area (Å²) in [5.74, 6) is -1.05. The molecule has 3 aromatic rings. The van der Waals surface area contributed by atoms with Gasteiger partial charge in [0.05, 0.1) is 15.4 Å². The van der Waals surface area contributed by atoms with Crippen LogP contribution in [0.15, 0.2) is 51.9 Å². The van der Waals surface area contributed by atoms with Crippen LogP contribution in [0.4, 0.5) is 30.2 Å². The highest BCUT2D eigenvalue weighted by molar-refractivity contribution is 7.89. The van der Waals surface area contributed by atoms with E-state index in [0.29, 0.717) is 0 Å². The molecule has 1 aliphatic heterocycles. The summed E-state index contributed by atoms with van der Waals surface area (Å²) in [7, 11) is -3.95. The first kappa shape index (κ1) is 27.3. The number of rotatable bonds is 6. The Morgan fingerprint density at radius 1 is 1.13 bits per heavy atom. The van der Waals surface area contributed by atoms with Crippen LogP contribution in [-0.4, -0.2) is 54.9 Å². The van der Waals surface area contributed by atoms with Gasteiger partial charge in [0.25, 0.3) is 5.91 Å². The highest BCUT2D eigenvalue weighted by Crippen LogP contribution is 2.35. The molecule has 2 aromatic carbocycles. The number of aromatic nitrogens is 1. The highest BCUT2D eigenvalue weighted by atomic mass is 35.5. The van der Waals surface area contributed by atoms with Crippen LogP contribution in [0.25, 0.3) is 0 Å². The minimum atomic E-state index is -4.57. The molecule has 1 saturated heterocycles. The van der Waals surface area contributed by atoms with Crippen molar-refractivity contribution < 1.29 is 35.8 Å². The lowest BCUT2D eigenvalue weighted by Crippen LogP contribution is -2.48. The van der Waals surface area contributed by atoms with Crippen LogP contribution >= 0.6 is 11.6 Å². The highest BCUT2D eigenvalue weighted by Gasteiger charge is 2.33. The average Bonchev–Trinajstić information content (AvgIpc) is 3.25. The summed E-state index contributed by atoms with van der Waals surface area (Å²) >= 11 is 5.86. The van der Waals surface area contributed by atoms with Gasteiger partial charge in [-0.1, -0.05) is 16.8 Å². The van der Waals surface area contributed by atoms with Crippen LogP contribution in [0.5, 0.6) is 0 Å². The number of alkyl halides is 3. The van der Waals surface area contributed by atoms with Gasteiger partial charge in [-0.2, -0.15) is 17.5 Å². The van der Waals surface area contributed by atoms with Gasteiger partial charge in [-0.15, -0.1) is 0 Å². The smallest absolute Gasteiger partial charge is 0.369 e. The molecule has 0 unspecified atom stereocenters. The second-order valence-corrected chi connectivity index (χ2v) is 10.6. The van der Waals surface area contributed by atoms with Crippen molar-refractivity contribution in [1.82, 2.24) is 9.46 Å². The fourth-order valence-electron chi connectivity index (χ4n) is 3.89. The number of carbonyl (C=O) groups excluding carboxylic acids is 1. The topological polar surface area (TPSA) is 139 Å². The lowest BCUT2D eigenvalue weighted by molar-refractivity contribution is -0.386. The molecule has 1 amide bonds. The first-order valence-electron chi connectivity index (χ1n) is 10.9. The van der Waals surface area contributed by atoms with E-state index in [-0.39, 0.29) is 53.2 Å². The molecule has 11 nitrogen and oxygen atoms in total. The van der Waals surface area contributed by atoms with Crippen molar-refractivity contribution in [2.45, 2.75) is 18.0 Å². The van der Waals surface area contributed by atoms with Crippen LogP contribution in [0.3, 0.4) is 0 Å². The lowest BCUT2D eigenvalue weighted by atomic mass is 10.1. The Balaban J connectivity index is 1.43. The van der Waals surface area contributed by atoms with Gasteiger partial charge in [-0.3, -0.25) is 14.9 Å². The van der Waals surface area contributed by atoms with Gasteiger partial charge in [0.2, 0.25) is 21.5 Å². The Morgan fingerprint density at radius 3 is 2.34 bits per heavy atom. The van der Waals surface area contributed by atoms with Crippen molar-refractivity contribution >= 4 is 44.6 Å². The Bertz CT molecular complexity index is 1490. The maximum Gasteiger partial charge on any atom is 0.416 e. The van der Waals surface area contributed by atoms with Gasteiger partial charge >= 0.3 is 11.9 Å². The zero-order valence-electron chi connectivity index (χ0n) is 19.5. The number of anilines is 2. The number of amides is 1. The second kappa shape index (κ2) is 10.2. The molecular weight excluding hydrogens is 555 g/mol. The number of carbonyl (C=O) groups is 1. The zero-order chi connectivity index (χ0) is 27.8. The van der Waals surface area contributed by atoms with Gasteiger partial charge < -0.3 is 14.7 Å². The Labute approximate surface area is 219 Å². The summed E-state index contributed by atoms with van der Waals surface area (Å²) in [5, 5.41) is 16.9. The lowest BCUT2D eigenvalue weighted by Gasteiger charge is -2.35. The molecule has 0 aliphatic carbocycles. The first-order chi connectivity index (χ1) is 17.8. The van der Waals surface area contributed by atoms with Gasteiger partial charge in [0.15, 0.2) is 0 Å². The Kier molecular flexibility index (Phi) is 7.36. The SMILES string of the molecule is Cc1onc(C(=O)Nc2ccc(S(=O)(=O)N3CCN(c4cc(Cl)cc(C(F)(F)F)c4)CC3)cc2)c1[N+](=O)[O-]. The van der Waals surface area contributed by atoms with Crippen LogP contribution in [0.2, 0.25) is 5.02 Å². The summed E-state index contributed by atoms with van der Waals surface area (Å²) in [6.45, 7) is 1.60. The summed E-state index contributed by atoms with van der Waals surface area (Å²) in [4.78, 5) is 24.3. The van der Waals surface area contributed by atoms with E-state index in [9.17, 15) is 36.5 Å². The molecule has 38 heavy (non-hydrogen) atoms. The zero-order valence-corrected chi connectivity index (χ0v) is 21.1. The molecule has 0 bridgehead atoms. The number of nitrogens with one attached hydrogen (secondary N) is 1. The standard InChI is InChI=1S/C22H19ClF3N5O6S/c1-13-20(31(33)34)19(28-37-13)21(32)27-16-2-4-18(5-3-16)38(35,36)30-8-6-29(7-9-30)17-11-14(22(24,25)26)10-15(23)12-17/h2-5,10-12H,6-9H2,1H3,(H,27,32). The number of nitro groups is 1. The van der Waals surface area contributed by atoms with E-state index >= 15 is 0 Å². The van der Waals surface area contributed by atoms with Gasteiger partial charge in [-0.05, 0) is 42.5 Å². The molecule has 2 heterocycles. The van der Waals surface area contributed by atoms with E-state index in [0.717, 1.165) is 12.1 Å². The third-order valence-corrected chi connectivity index (χ3v) is 7.92. The normalized spacial score (nSPS) is 14.9. The molecule has 0 saturated carbocycles. The van der Waals surface area contributed by atoms with E-state index < -0.39 is 44.0 Å². The van der Waals surface area contributed by atoms with Gasteiger partial charge in [0, 0.05) is 49.5 Å². The number of benzene rings is 2. The van der Waals surface area contributed by atoms with E-state index in [2.05, 4.69) is 10.5 Å².